The summed E-state index contributed by atoms with van der Waals surface area (Å²) < 4.78 is 2.38. The van der Waals surface area contributed by atoms with Gasteiger partial charge in [0.15, 0.2) is 0 Å². The molecule has 5 aliphatic heterocycles. The zero-order valence-electron chi connectivity index (χ0n) is 87.4. The van der Waals surface area contributed by atoms with Gasteiger partial charge in [-0.3, -0.25) is 0 Å². The third-order valence-corrected chi connectivity index (χ3v) is 13.3. The molecule has 1 aromatic heterocycles. The molecule has 0 atom stereocenters. The number of hydrogen-bond acceptors (Lipinski definition) is 2. The lowest BCUT2D eigenvalue weighted by Crippen LogP contribution is -2.24. The molecule has 0 N–H and O–H groups in total. The number of fused-ring (bicyclic) bond motifs is 13. The van der Waals surface area contributed by atoms with Gasteiger partial charge in [-0.2, -0.15) is 0 Å². The van der Waals surface area contributed by atoms with Crippen molar-refractivity contribution in [1.82, 2.24) is 4.57 Å². The Kier molecular flexibility index (Phi) is 214. The fourth-order valence-corrected chi connectivity index (χ4v) is 10.7. The van der Waals surface area contributed by atoms with Crippen LogP contribution in [0.4, 0.5) is 34.1 Å². The van der Waals surface area contributed by atoms with Gasteiger partial charge in [-0.15, -0.1) is 13.2 Å². The van der Waals surface area contributed by atoms with Crippen LogP contribution in [-0.2, 0) is 32.1 Å². The normalized spacial score (nSPS) is 7.90. The van der Waals surface area contributed by atoms with E-state index in [0.29, 0.717) is 0 Å². The Morgan fingerprint density at radius 1 is 0.200 bits per heavy atom. The molecular weight excluding hydrogens is 1510 g/mol. The maximum Gasteiger partial charge on any atom is 0.0622 e. The van der Waals surface area contributed by atoms with E-state index in [-0.39, 0.29) is 66.8 Å². The lowest BCUT2D eigenvalue weighted by Gasteiger charge is -2.38. The maximum absolute atomic E-state index is 3.33. The highest BCUT2D eigenvalue weighted by atomic mass is 15.2. The molecule has 736 valence electrons. The maximum atomic E-state index is 3.33. The van der Waals surface area contributed by atoms with E-state index in [2.05, 4.69) is 228 Å². The van der Waals surface area contributed by atoms with Crippen LogP contribution in [0.2, 0.25) is 0 Å². The number of anilines is 6. The lowest BCUT2D eigenvalue weighted by atomic mass is 9.87. The van der Waals surface area contributed by atoms with Crippen LogP contribution in [0.15, 0.2) is 177 Å². The smallest absolute Gasteiger partial charge is 0.0622 e. The second-order valence-corrected chi connectivity index (χ2v) is 16.8. The summed E-state index contributed by atoms with van der Waals surface area (Å²) >= 11 is 0. The van der Waals surface area contributed by atoms with Crippen LogP contribution in [0, 0.1) is 36.4 Å². The fourth-order valence-electron chi connectivity index (χ4n) is 10.7. The minimum absolute atomic E-state index is 0. The second-order valence-electron chi connectivity index (χ2n) is 16.8. The number of benzene rings is 6. The number of rotatable bonds is 0. The van der Waals surface area contributed by atoms with Crippen LogP contribution < -0.4 is 9.80 Å². The highest BCUT2D eigenvalue weighted by Crippen LogP contribution is 2.51. The minimum Gasteiger partial charge on any atom is -0.309 e. The summed E-state index contributed by atoms with van der Waals surface area (Å²) in [7, 11) is 0. The molecule has 6 heterocycles. The summed E-state index contributed by atoms with van der Waals surface area (Å²) in [5, 5.41) is 2.67. The first-order valence-electron chi connectivity index (χ1n) is 48.0. The van der Waals surface area contributed by atoms with Crippen LogP contribution in [0.1, 0.15) is 483 Å². The van der Waals surface area contributed by atoms with Crippen molar-refractivity contribution < 1.29 is 0 Å². The summed E-state index contributed by atoms with van der Waals surface area (Å²) in [4.78, 5) is 4.82. The highest BCUT2D eigenvalue weighted by molar-refractivity contribution is 6.11. The molecular formula is C122H233N3. The first-order chi connectivity index (χ1) is 57.8. The molecule has 10 aromatic rings. The Morgan fingerprint density at radius 2 is 0.440 bits per heavy atom. The third kappa shape index (κ3) is 58.6. The second kappa shape index (κ2) is 147. The Hall–Kier alpha value is -8.42. The van der Waals surface area contributed by atoms with Gasteiger partial charge in [0, 0.05) is 77.6 Å². The largest absolute Gasteiger partial charge is 0.309 e. The van der Waals surface area contributed by atoms with Gasteiger partial charge >= 0.3 is 0 Å². The van der Waals surface area contributed by atoms with Crippen LogP contribution in [-0.4, -0.2) is 4.57 Å². The van der Waals surface area contributed by atoms with E-state index < -0.39 is 0 Å². The van der Waals surface area contributed by atoms with Gasteiger partial charge in [0.1, 0.15) is 0 Å². The van der Waals surface area contributed by atoms with E-state index >= 15 is 0 Å². The molecule has 125 heavy (non-hydrogen) atoms. The van der Waals surface area contributed by atoms with Crippen molar-refractivity contribution in [1.29, 1.82) is 0 Å². The number of nitrogens with zero attached hydrogens (tertiary/aromatic N) is 3. The molecule has 0 radical (unpaired) electrons. The molecule has 3 heteroatoms. The predicted molar refractivity (Wildman–Crippen MR) is 617 cm³/mol. The monoisotopic (exact) mass is 1740 g/mol. The fraction of sp³-hybridized carbons (Fsp3) is 0.541. The van der Waals surface area contributed by atoms with Crippen LogP contribution in [0.25, 0.3) is 27.5 Å². The zero-order valence-corrected chi connectivity index (χ0v) is 87.4. The van der Waals surface area contributed by atoms with Gasteiger partial charge in [-0.05, 0) is 92.5 Å². The van der Waals surface area contributed by atoms with Crippen molar-refractivity contribution in [3.8, 4) is 5.69 Å². The zero-order chi connectivity index (χ0) is 94.7. The quantitative estimate of drug-likeness (QED) is 0.140. The summed E-state index contributed by atoms with van der Waals surface area (Å²) in [5.74, 6) is 0. The molecule has 0 fully saturated rings. The molecule has 5 aliphatic rings. The molecule has 9 aromatic carbocycles. The molecule has 15 rings (SSSR count). The summed E-state index contributed by atoms with van der Waals surface area (Å²) in [6.07, 6.45) is 4.93. The molecule has 0 aliphatic carbocycles. The number of para-hydroxylation sites is 6. The number of aromatic nitrogens is 1. The van der Waals surface area contributed by atoms with Crippen molar-refractivity contribution in [2.45, 2.75) is 459 Å². The van der Waals surface area contributed by atoms with E-state index in [9.17, 15) is 0 Å². The Balaban J connectivity index is -0.0000000426. The first kappa shape index (κ1) is 182. The van der Waals surface area contributed by atoms with E-state index in [1.54, 1.807) is 0 Å². The van der Waals surface area contributed by atoms with Crippen molar-refractivity contribution in [2.75, 3.05) is 9.80 Å². The third-order valence-electron chi connectivity index (χ3n) is 13.3. The van der Waals surface area contributed by atoms with Gasteiger partial charge in [0.05, 0.1) is 33.8 Å². The van der Waals surface area contributed by atoms with Gasteiger partial charge in [-0.25, -0.2) is 0 Å². The van der Waals surface area contributed by atoms with Gasteiger partial charge in [-0.1, -0.05) is 572 Å². The van der Waals surface area contributed by atoms with Gasteiger partial charge < -0.3 is 14.4 Å². The van der Waals surface area contributed by atoms with Crippen molar-refractivity contribution >= 4 is 55.9 Å². The molecule has 0 saturated heterocycles. The average molecular weight is 1740 g/mol. The number of hydrogen-bond donors (Lipinski definition) is 0. The Morgan fingerprint density at radius 3 is 0.808 bits per heavy atom. The van der Waals surface area contributed by atoms with E-state index in [1.165, 1.54) is 117 Å². The average Bonchev–Trinajstić information content (AvgIpc) is 1.71. The highest BCUT2D eigenvalue weighted by Gasteiger charge is 2.32. The molecule has 0 spiro atoms. The van der Waals surface area contributed by atoms with Crippen molar-refractivity contribution in [2.24, 2.45) is 0 Å². The predicted octanol–water partition coefficient (Wildman–Crippen LogP) is 46.6. The van der Waals surface area contributed by atoms with E-state index in [1.807, 2.05) is 360 Å². The minimum atomic E-state index is 0. The Bertz CT molecular complexity index is 3160. The summed E-state index contributed by atoms with van der Waals surface area (Å²) in [6, 6.07) is 77.3. The molecule has 0 saturated carbocycles. The van der Waals surface area contributed by atoms with Gasteiger partial charge in [0.25, 0.3) is 0 Å². The van der Waals surface area contributed by atoms with Crippen molar-refractivity contribution in [3.63, 3.8) is 0 Å². The molecule has 3 nitrogen and oxygen atoms in total. The Labute approximate surface area is 798 Å². The van der Waals surface area contributed by atoms with E-state index in [0.717, 1.165) is 32.1 Å². The lowest BCUT2D eigenvalue weighted by molar-refractivity contribution is 1.01. The van der Waals surface area contributed by atoms with E-state index in [4.69, 9.17) is 0 Å². The van der Waals surface area contributed by atoms with Crippen LogP contribution in [0.3, 0.4) is 0 Å². The topological polar surface area (TPSA) is 11.4 Å². The van der Waals surface area contributed by atoms with Crippen LogP contribution in [0.5, 0.6) is 0 Å². The summed E-state index contributed by atoms with van der Waals surface area (Å²) in [6.45, 7) is 110. The van der Waals surface area contributed by atoms with Crippen molar-refractivity contribution in [3.05, 3.63) is 269 Å². The summed E-state index contributed by atoms with van der Waals surface area (Å²) in [5.41, 5.74) is 25.4. The standard InChI is InChI=1S/2C20H13N.C19H11N.26C2H6.C2H4.9CH4/c2*1-3-10-18-14(6-1)12-16-8-5-9-17-13-15-7-2-4-11-19(15)21(18)20(16)17;1-3-10-17-13(6-1)12-14-7-5-9-16-15-8-2-4-11-18(15)20(17)19(14)16;27*1-2;;;;;;;;;/h1,3,5-11H,12-13H2;1-4,6-8,10-11H,12-13H2;2,4-11H,12H2;26*1-2H3;1-2H2;9*1H4. The molecule has 0 bridgehead atoms. The molecule has 0 amide bonds. The SMILES string of the molecule is C.C.C.C.C.C.C.C.C.C=C.CC.CC.CC.CC.CC.CC.CC.CC.CC.CC.CC.CC.CC.CC.CC.CC.CC.CC.CC.CC.CC.CC.CC.CC.CC.CC.c1cc2c(cc#1)-n1c3ccccc3c3cccc(c31)C2.c1cc2c(cc#1)N1c3ccccc3Cc3cccc(c31)C2.c1cc2c3c(c#1)Cc1ccccc1N3c1ccccc1C2. The first-order valence-corrected chi connectivity index (χ1v) is 48.0. The molecule has 0 unspecified atom stereocenters. The van der Waals surface area contributed by atoms with Crippen LogP contribution >= 0.6 is 0 Å². The van der Waals surface area contributed by atoms with Gasteiger partial charge in [0.2, 0.25) is 0 Å².